The van der Waals surface area contributed by atoms with E-state index in [1.165, 1.54) is 0 Å². The molecule has 0 aliphatic carbocycles. The molecule has 0 bridgehead atoms. The van der Waals surface area contributed by atoms with E-state index in [4.69, 9.17) is 14.2 Å². The Labute approximate surface area is 217 Å². The van der Waals surface area contributed by atoms with Gasteiger partial charge in [0.15, 0.2) is 0 Å². The summed E-state index contributed by atoms with van der Waals surface area (Å²) < 4.78 is 18.6. The second kappa shape index (κ2) is 10.00. The van der Waals surface area contributed by atoms with Gasteiger partial charge in [0.1, 0.15) is 41.5 Å². The number of piperazine rings is 1. The lowest BCUT2D eigenvalue weighted by atomic mass is 9.84. The molecule has 3 aliphatic rings. The number of fused-ring (bicyclic) bond motifs is 4. The van der Waals surface area contributed by atoms with E-state index in [1.807, 2.05) is 36.4 Å². The largest absolute Gasteiger partial charge is 0.508 e. The summed E-state index contributed by atoms with van der Waals surface area (Å²) in [5.74, 6) is 2.46. The molecule has 7 heteroatoms. The number of likely N-dealkylation sites (N-methyl/N-ethyl adjacent to an activating group) is 1. The van der Waals surface area contributed by atoms with Gasteiger partial charge in [-0.1, -0.05) is 12.1 Å². The number of aromatic hydroxyl groups is 2. The molecule has 0 saturated carbocycles. The molecule has 1 fully saturated rings. The zero-order valence-corrected chi connectivity index (χ0v) is 21.0. The van der Waals surface area contributed by atoms with Gasteiger partial charge in [0.2, 0.25) is 0 Å². The van der Waals surface area contributed by atoms with E-state index < -0.39 is 6.10 Å². The summed E-state index contributed by atoms with van der Waals surface area (Å²) in [5.41, 5.74) is 4.99. The van der Waals surface area contributed by atoms with Crippen molar-refractivity contribution < 1.29 is 24.4 Å². The van der Waals surface area contributed by atoms with E-state index in [9.17, 15) is 10.2 Å². The standard InChI is InChI=1S/C30H32N2O5/c1-31-11-13-32(14-12-31)15-17-35-23-6-2-20(3-7-23)30-29-25(24-8-4-22(34)19-28(24)37-30)10-16-36-27-18-21(33)5-9-26(27)29/h2-9,18-19,30,33-34H,10-17H2,1H3/t30-/m1/s1. The van der Waals surface area contributed by atoms with Crippen molar-refractivity contribution in [3.05, 3.63) is 77.4 Å². The van der Waals surface area contributed by atoms with Gasteiger partial charge in [-0.2, -0.15) is 0 Å². The molecule has 3 heterocycles. The van der Waals surface area contributed by atoms with Gasteiger partial charge in [-0.25, -0.2) is 0 Å². The minimum absolute atomic E-state index is 0.166. The van der Waals surface area contributed by atoms with Crippen LogP contribution in [0.3, 0.4) is 0 Å². The lowest BCUT2D eigenvalue weighted by Gasteiger charge is -2.32. The Balaban J connectivity index is 1.28. The first kappa shape index (κ1) is 23.7. The van der Waals surface area contributed by atoms with Crippen LogP contribution in [0.15, 0.2) is 60.7 Å². The van der Waals surface area contributed by atoms with E-state index in [2.05, 4.69) is 16.8 Å². The van der Waals surface area contributed by atoms with Gasteiger partial charge in [-0.05, 0) is 54.6 Å². The monoisotopic (exact) mass is 500 g/mol. The summed E-state index contributed by atoms with van der Waals surface area (Å²) >= 11 is 0. The normalized spacial score (nSPS) is 19.6. The van der Waals surface area contributed by atoms with E-state index in [0.717, 1.165) is 66.3 Å². The van der Waals surface area contributed by atoms with Gasteiger partial charge >= 0.3 is 0 Å². The summed E-state index contributed by atoms with van der Waals surface area (Å²) in [6.45, 7) is 6.42. The molecule has 3 aromatic rings. The highest BCUT2D eigenvalue weighted by Crippen LogP contribution is 2.51. The van der Waals surface area contributed by atoms with E-state index in [1.54, 1.807) is 24.3 Å². The third kappa shape index (κ3) is 4.84. The van der Waals surface area contributed by atoms with E-state index in [0.29, 0.717) is 31.1 Å². The molecule has 3 aliphatic heterocycles. The molecule has 2 N–H and O–H groups in total. The minimum atomic E-state index is -0.395. The number of hydrogen-bond acceptors (Lipinski definition) is 7. The van der Waals surface area contributed by atoms with Gasteiger partial charge in [0.25, 0.3) is 0 Å². The average Bonchev–Trinajstić information content (AvgIpc) is 3.09. The van der Waals surface area contributed by atoms with Crippen LogP contribution in [0.25, 0.3) is 11.1 Å². The van der Waals surface area contributed by atoms with Crippen LogP contribution < -0.4 is 14.2 Å². The number of phenols is 2. The van der Waals surface area contributed by atoms with Crippen LogP contribution in [-0.2, 0) is 0 Å². The van der Waals surface area contributed by atoms with Crippen molar-refractivity contribution in [3.63, 3.8) is 0 Å². The summed E-state index contributed by atoms with van der Waals surface area (Å²) in [6.07, 6.45) is 0.296. The molecule has 0 radical (unpaired) electrons. The van der Waals surface area contributed by atoms with E-state index in [-0.39, 0.29) is 11.5 Å². The number of nitrogens with zero attached hydrogens (tertiary/aromatic N) is 2. The molecule has 0 aromatic heterocycles. The van der Waals surface area contributed by atoms with Gasteiger partial charge in [-0.15, -0.1) is 0 Å². The highest BCUT2D eigenvalue weighted by atomic mass is 16.5. The van der Waals surface area contributed by atoms with Gasteiger partial charge in [0, 0.05) is 68.0 Å². The number of phenolic OH excluding ortho intramolecular Hbond substituents is 2. The van der Waals surface area contributed by atoms with E-state index >= 15 is 0 Å². The highest BCUT2D eigenvalue weighted by Gasteiger charge is 2.34. The second-order valence-corrected chi connectivity index (χ2v) is 9.91. The van der Waals surface area contributed by atoms with Gasteiger partial charge < -0.3 is 29.3 Å². The van der Waals surface area contributed by atoms with Gasteiger partial charge in [0.05, 0.1) is 6.61 Å². The molecule has 192 valence electrons. The van der Waals surface area contributed by atoms with Crippen LogP contribution >= 0.6 is 0 Å². The molecule has 37 heavy (non-hydrogen) atoms. The molecule has 6 rings (SSSR count). The predicted molar refractivity (Wildman–Crippen MR) is 142 cm³/mol. The van der Waals surface area contributed by atoms with Crippen molar-refractivity contribution in [2.75, 3.05) is 53.0 Å². The molecule has 0 amide bonds. The maximum atomic E-state index is 10.1. The molecule has 0 spiro atoms. The van der Waals surface area contributed by atoms with Crippen LogP contribution in [0.2, 0.25) is 0 Å². The Bertz CT molecular complexity index is 1310. The third-order valence-corrected chi connectivity index (χ3v) is 7.44. The fourth-order valence-corrected chi connectivity index (χ4v) is 5.37. The summed E-state index contributed by atoms with van der Waals surface area (Å²) in [6, 6.07) is 18.6. The van der Waals surface area contributed by atoms with Crippen molar-refractivity contribution in [1.82, 2.24) is 9.80 Å². The molecule has 1 saturated heterocycles. The topological polar surface area (TPSA) is 74.6 Å². The molecule has 1 atom stereocenters. The molecule has 3 aromatic carbocycles. The Morgan fingerprint density at radius 1 is 0.865 bits per heavy atom. The number of benzene rings is 3. The number of hydrogen-bond donors (Lipinski definition) is 2. The van der Waals surface area contributed by atoms with Crippen molar-refractivity contribution in [2.24, 2.45) is 0 Å². The number of rotatable bonds is 5. The summed E-state index contributed by atoms with van der Waals surface area (Å²) in [7, 11) is 2.16. The van der Waals surface area contributed by atoms with Crippen LogP contribution in [0.5, 0.6) is 28.7 Å². The zero-order valence-electron chi connectivity index (χ0n) is 21.0. The first-order valence-corrected chi connectivity index (χ1v) is 12.9. The number of ether oxygens (including phenoxy) is 3. The quantitative estimate of drug-likeness (QED) is 0.532. The van der Waals surface area contributed by atoms with Crippen LogP contribution in [0, 0.1) is 0 Å². The first-order valence-electron chi connectivity index (χ1n) is 12.9. The lowest BCUT2D eigenvalue weighted by molar-refractivity contribution is 0.133. The second-order valence-electron chi connectivity index (χ2n) is 9.91. The molecule has 7 nitrogen and oxygen atoms in total. The minimum Gasteiger partial charge on any atom is -0.508 e. The predicted octanol–water partition coefficient (Wildman–Crippen LogP) is 4.55. The fraction of sp³-hybridized carbons (Fsp3) is 0.333. The SMILES string of the molecule is CN1CCN(CCOc2ccc([C@H]3Oc4cc(O)ccc4C4=C3c3ccc(O)cc3OCC4)cc2)CC1. The molecular formula is C30H32N2O5. The van der Waals surface area contributed by atoms with Gasteiger partial charge in [-0.3, -0.25) is 4.90 Å². The van der Waals surface area contributed by atoms with Crippen LogP contribution in [0.4, 0.5) is 0 Å². The van der Waals surface area contributed by atoms with Crippen molar-refractivity contribution >= 4 is 11.1 Å². The Morgan fingerprint density at radius 2 is 1.57 bits per heavy atom. The van der Waals surface area contributed by atoms with Crippen LogP contribution in [-0.4, -0.2) is 73.0 Å². The molecule has 0 unspecified atom stereocenters. The summed E-state index contributed by atoms with van der Waals surface area (Å²) in [4.78, 5) is 4.79. The van der Waals surface area contributed by atoms with Crippen LogP contribution in [0.1, 0.15) is 29.2 Å². The zero-order chi connectivity index (χ0) is 25.4. The Kier molecular flexibility index (Phi) is 6.40. The summed E-state index contributed by atoms with van der Waals surface area (Å²) in [5, 5.41) is 20.2. The van der Waals surface area contributed by atoms with Crippen molar-refractivity contribution in [1.29, 1.82) is 0 Å². The maximum absolute atomic E-state index is 10.1. The Hall–Kier alpha value is -3.68. The Morgan fingerprint density at radius 3 is 2.32 bits per heavy atom. The average molecular weight is 501 g/mol. The third-order valence-electron chi connectivity index (χ3n) is 7.44. The molecular weight excluding hydrogens is 468 g/mol. The van der Waals surface area contributed by atoms with Crippen molar-refractivity contribution in [2.45, 2.75) is 12.5 Å². The highest BCUT2D eigenvalue weighted by molar-refractivity contribution is 5.98. The fourth-order valence-electron chi connectivity index (χ4n) is 5.37. The lowest BCUT2D eigenvalue weighted by Crippen LogP contribution is -2.45. The first-order chi connectivity index (χ1) is 18.0. The van der Waals surface area contributed by atoms with Crippen molar-refractivity contribution in [3.8, 4) is 28.7 Å². The maximum Gasteiger partial charge on any atom is 0.150 e. The smallest absolute Gasteiger partial charge is 0.150 e.